The van der Waals surface area contributed by atoms with Crippen LogP contribution in [0.1, 0.15) is 37.4 Å². The maximum Gasteiger partial charge on any atom is 0.0914 e. The third kappa shape index (κ3) is 3.50. The summed E-state index contributed by atoms with van der Waals surface area (Å²) >= 11 is 1.98. The largest absolute Gasteiger partial charge is 0.387 e. The lowest BCUT2D eigenvalue weighted by Crippen LogP contribution is -2.37. The second-order valence-electron chi connectivity index (χ2n) is 5.15. The van der Waals surface area contributed by atoms with Gasteiger partial charge in [-0.15, -0.1) is 0 Å². The molecule has 2 nitrogen and oxygen atoms in total. The zero-order valence-electron chi connectivity index (χ0n) is 11.1. The molecular formula is C15H23NOS. The molecule has 0 spiro atoms. The SMILES string of the molecule is CSC1(CNCC(O)c2ccccc2)CCCC1. The summed E-state index contributed by atoms with van der Waals surface area (Å²) in [5, 5.41) is 13.5. The molecule has 0 bridgehead atoms. The van der Waals surface area contributed by atoms with Gasteiger partial charge >= 0.3 is 0 Å². The zero-order valence-corrected chi connectivity index (χ0v) is 11.9. The number of nitrogens with one attached hydrogen (secondary N) is 1. The number of benzene rings is 1. The van der Waals surface area contributed by atoms with E-state index in [1.54, 1.807) is 0 Å². The Balaban J connectivity index is 1.78. The molecule has 0 aromatic heterocycles. The molecule has 0 radical (unpaired) electrons. The number of hydrogen-bond donors (Lipinski definition) is 2. The molecule has 2 rings (SSSR count). The highest BCUT2D eigenvalue weighted by Crippen LogP contribution is 2.39. The van der Waals surface area contributed by atoms with Gasteiger partial charge in [-0.3, -0.25) is 0 Å². The van der Waals surface area contributed by atoms with Crippen LogP contribution in [0.25, 0.3) is 0 Å². The molecule has 1 atom stereocenters. The van der Waals surface area contributed by atoms with Crippen LogP contribution >= 0.6 is 11.8 Å². The van der Waals surface area contributed by atoms with Crippen molar-refractivity contribution < 1.29 is 5.11 Å². The monoisotopic (exact) mass is 265 g/mol. The molecule has 1 fully saturated rings. The van der Waals surface area contributed by atoms with Crippen molar-refractivity contribution in [2.24, 2.45) is 0 Å². The molecule has 0 heterocycles. The van der Waals surface area contributed by atoms with Crippen molar-refractivity contribution in [3.63, 3.8) is 0 Å². The van der Waals surface area contributed by atoms with E-state index in [0.29, 0.717) is 11.3 Å². The van der Waals surface area contributed by atoms with E-state index in [1.807, 2.05) is 42.1 Å². The lowest BCUT2D eigenvalue weighted by molar-refractivity contribution is 0.173. The number of aliphatic hydroxyl groups excluding tert-OH is 1. The number of hydrogen-bond acceptors (Lipinski definition) is 3. The molecule has 1 aromatic rings. The summed E-state index contributed by atoms with van der Waals surface area (Å²) in [5.41, 5.74) is 0.995. The van der Waals surface area contributed by atoms with Crippen LogP contribution in [0.15, 0.2) is 30.3 Å². The van der Waals surface area contributed by atoms with Gasteiger partial charge < -0.3 is 10.4 Å². The van der Waals surface area contributed by atoms with E-state index in [4.69, 9.17) is 0 Å². The predicted molar refractivity (Wildman–Crippen MR) is 79.0 cm³/mol. The van der Waals surface area contributed by atoms with Gasteiger partial charge in [0.1, 0.15) is 0 Å². The molecule has 3 heteroatoms. The summed E-state index contributed by atoms with van der Waals surface area (Å²) in [5.74, 6) is 0. The highest BCUT2D eigenvalue weighted by atomic mass is 32.2. The zero-order chi connectivity index (χ0) is 12.8. The van der Waals surface area contributed by atoms with Crippen LogP contribution in [0.2, 0.25) is 0 Å². The second-order valence-corrected chi connectivity index (χ2v) is 6.43. The fraction of sp³-hybridized carbons (Fsp3) is 0.600. The molecule has 1 saturated carbocycles. The Hall–Kier alpha value is -0.510. The van der Waals surface area contributed by atoms with Crippen LogP contribution < -0.4 is 5.32 Å². The van der Waals surface area contributed by atoms with Crippen LogP contribution in [0.3, 0.4) is 0 Å². The summed E-state index contributed by atoms with van der Waals surface area (Å²) < 4.78 is 0.413. The molecule has 18 heavy (non-hydrogen) atoms. The Morgan fingerprint density at radius 2 is 1.94 bits per heavy atom. The van der Waals surface area contributed by atoms with Crippen LogP contribution in [0.5, 0.6) is 0 Å². The summed E-state index contributed by atoms with van der Waals surface area (Å²) in [6.45, 7) is 1.66. The first-order chi connectivity index (χ1) is 8.76. The molecular weight excluding hydrogens is 242 g/mol. The first-order valence-electron chi connectivity index (χ1n) is 6.75. The van der Waals surface area contributed by atoms with Gasteiger partial charge in [0.15, 0.2) is 0 Å². The number of thioether (sulfide) groups is 1. The van der Waals surface area contributed by atoms with Gasteiger partial charge in [-0.25, -0.2) is 0 Å². The lowest BCUT2D eigenvalue weighted by Gasteiger charge is -2.27. The fourth-order valence-corrected chi connectivity index (χ4v) is 3.65. The fourth-order valence-electron chi connectivity index (χ4n) is 2.70. The minimum absolute atomic E-state index is 0.397. The van der Waals surface area contributed by atoms with Gasteiger partial charge in [-0.1, -0.05) is 43.2 Å². The molecule has 0 saturated heterocycles. The molecule has 2 N–H and O–H groups in total. The van der Waals surface area contributed by atoms with Gasteiger partial charge in [-0.2, -0.15) is 11.8 Å². The van der Waals surface area contributed by atoms with Gasteiger partial charge in [0.2, 0.25) is 0 Å². The Bertz CT molecular complexity index is 349. The maximum absolute atomic E-state index is 10.1. The lowest BCUT2D eigenvalue weighted by atomic mass is 10.1. The number of aliphatic hydroxyl groups is 1. The Morgan fingerprint density at radius 3 is 2.56 bits per heavy atom. The van der Waals surface area contributed by atoms with E-state index in [9.17, 15) is 5.11 Å². The van der Waals surface area contributed by atoms with E-state index >= 15 is 0 Å². The summed E-state index contributed by atoms with van der Waals surface area (Å²) in [6, 6.07) is 9.88. The first-order valence-corrected chi connectivity index (χ1v) is 7.97. The Labute approximate surface area is 114 Å². The molecule has 1 aromatic carbocycles. The molecule has 100 valence electrons. The van der Waals surface area contributed by atoms with Gasteiger partial charge in [0.05, 0.1) is 6.10 Å². The minimum atomic E-state index is -0.397. The maximum atomic E-state index is 10.1. The van der Waals surface area contributed by atoms with E-state index in [-0.39, 0.29) is 0 Å². The van der Waals surface area contributed by atoms with Gasteiger partial charge in [0.25, 0.3) is 0 Å². The highest BCUT2D eigenvalue weighted by molar-refractivity contribution is 8.00. The van der Waals surface area contributed by atoms with Crippen molar-refractivity contribution in [1.82, 2.24) is 5.32 Å². The normalized spacial score (nSPS) is 19.9. The van der Waals surface area contributed by atoms with Crippen molar-refractivity contribution in [2.45, 2.75) is 36.5 Å². The van der Waals surface area contributed by atoms with Crippen molar-refractivity contribution in [1.29, 1.82) is 0 Å². The second kappa shape index (κ2) is 6.60. The molecule has 0 amide bonds. The van der Waals surface area contributed by atoms with Gasteiger partial charge in [-0.05, 0) is 24.7 Å². The van der Waals surface area contributed by atoms with Crippen molar-refractivity contribution in [3.8, 4) is 0 Å². The van der Waals surface area contributed by atoms with E-state index in [0.717, 1.165) is 12.1 Å². The van der Waals surface area contributed by atoms with Crippen LogP contribution in [0, 0.1) is 0 Å². The first kappa shape index (κ1) is 13.9. The van der Waals surface area contributed by atoms with Crippen molar-refractivity contribution in [3.05, 3.63) is 35.9 Å². The topological polar surface area (TPSA) is 32.3 Å². The van der Waals surface area contributed by atoms with Crippen LogP contribution in [-0.2, 0) is 0 Å². The third-order valence-corrected chi connectivity index (χ3v) is 5.34. The van der Waals surface area contributed by atoms with E-state index in [2.05, 4.69) is 11.6 Å². The number of rotatable bonds is 6. The summed E-state index contributed by atoms with van der Waals surface area (Å²) in [4.78, 5) is 0. The van der Waals surface area contributed by atoms with Crippen molar-refractivity contribution >= 4 is 11.8 Å². The minimum Gasteiger partial charge on any atom is -0.387 e. The third-order valence-electron chi connectivity index (χ3n) is 3.92. The van der Waals surface area contributed by atoms with E-state index in [1.165, 1.54) is 25.7 Å². The predicted octanol–water partition coefficient (Wildman–Crippen LogP) is 2.99. The van der Waals surface area contributed by atoms with Crippen LogP contribution in [-0.4, -0.2) is 29.2 Å². The van der Waals surface area contributed by atoms with Crippen LogP contribution in [0.4, 0.5) is 0 Å². The van der Waals surface area contributed by atoms with Crippen molar-refractivity contribution in [2.75, 3.05) is 19.3 Å². The average molecular weight is 265 g/mol. The average Bonchev–Trinajstić information content (AvgIpc) is 2.89. The molecule has 1 aliphatic carbocycles. The molecule has 0 aliphatic heterocycles. The highest BCUT2D eigenvalue weighted by Gasteiger charge is 2.32. The standard InChI is InChI=1S/C15H23NOS/c1-18-15(9-5-6-10-15)12-16-11-14(17)13-7-3-2-4-8-13/h2-4,7-8,14,16-17H,5-6,9-12H2,1H3. The summed E-state index contributed by atoms with van der Waals surface area (Å²) in [7, 11) is 0. The summed E-state index contributed by atoms with van der Waals surface area (Å²) in [6.07, 6.45) is 7.13. The van der Waals surface area contributed by atoms with E-state index < -0.39 is 6.10 Å². The Kier molecular flexibility index (Phi) is 5.10. The molecule has 1 aliphatic rings. The Morgan fingerprint density at radius 1 is 1.28 bits per heavy atom. The molecule has 1 unspecified atom stereocenters. The van der Waals surface area contributed by atoms with Gasteiger partial charge in [0, 0.05) is 17.8 Å². The smallest absolute Gasteiger partial charge is 0.0914 e. The quantitative estimate of drug-likeness (QED) is 0.829.